The summed E-state index contributed by atoms with van der Waals surface area (Å²) in [5.74, 6) is -1.79. The normalized spacial score (nSPS) is 15.9. The SMILES string of the molecule is CSCCC(NC(=O)C(CC(C)C)NC(=O)C(CCSC)NC(=O)C(N)C(C)O)C(=O)O. The van der Waals surface area contributed by atoms with Gasteiger partial charge in [0.15, 0.2) is 0 Å². The number of hydrogen-bond acceptors (Lipinski definition) is 8. The molecule has 0 aliphatic heterocycles. The summed E-state index contributed by atoms with van der Waals surface area (Å²) < 4.78 is 0. The minimum Gasteiger partial charge on any atom is -0.480 e. The number of aliphatic hydroxyl groups is 1. The number of nitrogens with two attached hydrogens (primary N) is 1. The van der Waals surface area contributed by atoms with Crippen LogP contribution < -0.4 is 21.7 Å². The summed E-state index contributed by atoms with van der Waals surface area (Å²) in [6.07, 6.45) is 3.46. The van der Waals surface area contributed by atoms with Gasteiger partial charge in [-0.25, -0.2) is 4.79 Å². The molecular formula is C20H38N4O6S2. The average molecular weight is 495 g/mol. The van der Waals surface area contributed by atoms with E-state index in [1.54, 1.807) is 0 Å². The third-order valence-corrected chi connectivity index (χ3v) is 5.92. The molecule has 0 aromatic rings. The smallest absolute Gasteiger partial charge is 0.326 e. The Balaban J connectivity index is 5.42. The fourth-order valence-corrected chi connectivity index (χ4v) is 3.67. The van der Waals surface area contributed by atoms with Gasteiger partial charge in [-0.3, -0.25) is 14.4 Å². The van der Waals surface area contributed by atoms with E-state index in [2.05, 4.69) is 16.0 Å². The summed E-state index contributed by atoms with van der Waals surface area (Å²) in [5, 5.41) is 26.6. The number of carboxylic acid groups (broad SMARTS) is 1. The number of carbonyl (C=O) groups excluding carboxylic acids is 3. The summed E-state index contributed by atoms with van der Waals surface area (Å²) >= 11 is 2.96. The predicted octanol–water partition coefficient (Wildman–Crippen LogP) is -0.214. The van der Waals surface area contributed by atoms with Crippen LogP contribution in [0.3, 0.4) is 0 Å². The van der Waals surface area contributed by atoms with Crippen molar-refractivity contribution < 1.29 is 29.4 Å². The Bertz CT molecular complexity index is 621. The lowest BCUT2D eigenvalue weighted by molar-refractivity contribution is -0.142. The van der Waals surface area contributed by atoms with Gasteiger partial charge in [-0.15, -0.1) is 0 Å². The molecule has 10 nitrogen and oxygen atoms in total. The third kappa shape index (κ3) is 11.9. The molecule has 12 heteroatoms. The Kier molecular flexibility index (Phi) is 15.4. The van der Waals surface area contributed by atoms with Crippen molar-refractivity contribution >= 4 is 47.2 Å². The number of aliphatic carboxylic acids is 1. The largest absolute Gasteiger partial charge is 0.480 e. The number of hydrogen-bond donors (Lipinski definition) is 6. The summed E-state index contributed by atoms with van der Waals surface area (Å²) in [4.78, 5) is 49.5. The van der Waals surface area contributed by atoms with Gasteiger partial charge in [-0.05, 0) is 56.1 Å². The van der Waals surface area contributed by atoms with Crippen molar-refractivity contribution in [2.24, 2.45) is 11.7 Å². The fourth-order valence-electron chi connectivity index (χ4n) is 2.73. The maximum Gasteiger partial charge on any atom is 0.326 e. The Morgan fingerprint density at radius 2 is 1.25 bits per heavy atom. The van der Waals surface area contributed by atoms with Gasteiger partial charge < -0.3 is 31.9 Å². The second-order valence-electron chi connectivity index (χ2n) is 7.98. The van der Waals surface area contributed by atoms with Gasteiger partial charge in [0.2, 0.25) is 17.7 Å². The van der Waals surface area contributed by atoms with Gasteiger partial charge in [0.25, 0.3) is 0 Å². The monoisotopic (exact) mass is 494 g/mol. The zero-order chi connectivity index (χ0) is 24.8. The zero-order valence-corrected chi connectivity index (χ0v) is 21.1. The molecule has 0 rings (SSSR count). The molecule has 0 bridgehead atoms. The molecule has 5 atom stereocenters. The molecule has 0 aliphatic carbocycles. The van der Waals surface area contributed by atoms with Crippen LogP contribution in [0, 0.1) is 5.92 Å². The predicted molar refractivity (Wildman–Crippen MR) is 129 cm³/mol. The Morgan fingerprint density at radius 1 is 0.812 bits per heavy atom. The Labute approximate surface area is 198 Å². The first kappa shape index (κ1) is 30.5. The number of rotatable bonds is 16. The average Bonchev–Trinajstić information content (AvgIpc) is 2.71. The standard InChI is InChI=1S/C20H38N4O6S2/c1-11(2)10-15(18(27)23-14(20(29)30)7-9-32-5)24-17(26)13(6-8-31-4)22-19(28)16(21)12(3)25/h11-16,25H,6-10,21H2,1-5H3,(H,22,28)(H,23,27)(H,24,26)(H,29,30). The molecule has 0 fully saturated rings. The maximum atomic E-state index is 12.9. The second kappa shape index (κ2) is 16.2. The van der Waals surface area contributed by atoms with E-state index in [9.17, 15) is 29.4 Å². The molecular weight excluding hydrogens is 456 g/mol. The molecule has 7 N–H and O–H groups in total. The van der Waals surface area contributed by atoms with Crippen molar-refractivity contribution in [2.75, 3.05) is 24.0 Å². The summed E-state index contributed by atoms with van der Waals surface area (Å²) in [6.45, 7) is 5.13. The molecule has 0 saturated heterocycles. The quantitative estimate of drug-likeness (QED) is 0.170. The maximum absolute atomic E-state index is 12.9. The van der Waals surface area contributed by atoms with Crippen LogP contribution in [-0.2, 0) is 19.2 Å². The molecule has 0 aromatic carbocycles. The van der Waals surface area contributed by atoms with E-state index < -0.39 is 54.0 Å². The van der Waals surface area contributed by atoms with Crippen molar-refractivity contribution in [3.8, 4) is 0 Å². The van der Waals surface area contributed by atoms with Crippen molar-refractivity contribution in [2.45, 2.75) is 70.3 Å². The van der Waals surface area contributed by atoms with E-state index in [4.69, 9.17) is 5.73 Å². The highest BCUT2D eigenvalue weighted by molar-refractivity contribution is 7.98. The Morgan fingerprint density at radius 3 is 1.69 bits per heavy atom. The highest BCUT2D eigenvalue weighted by Crippen LogP contribution is 2.09. The highest BCUT2D eigenvalue weighted by atomic mass is 32.2. The minimum atomic E-state index is -1.19. The van der Waals surface area contributed by atoms with E-state index >= 15 is 0 Å². The lowest BCUT2D eigenvalue weighted by Crippen LogP contribution is -2.58. The van der Waals surface area contributed by atoms with Crippen molar-refractivity contribution in [3.05, 3.63) is 0 Å². The van der Waals surface area contributed by atoms with Crippen LogP contribution >= 0.6 is 23.5 Å². The lowest BCUT2D eigenvalue weighted by atomic mass is 10.0. The van der Waals surface area contributed by atoms with Gasteiger partial charge in [0.1, 0.15) is 24.2 Å². The molecule has 0 spiro atoms. The highest BCUT2D eigenvalue weighted by Gasteiger charge is 2.31. The number of carboxylic acids is 1. The molecule has 5 unspecified atom stereocenters. The molecule has 0 heterocycles. The van der Waals surface area contributed by atoms with E-state index in [1.165, 1.54) is 30.4 Å². The molecule has 32 heavy (non-hydrogen) atoms. The number of thioether (sulfide) groups is 2. The van der Waals surface area contributed by atoms with E-state index in [0.717, 1.165) is 0 Å². The Hall–Kier alpha value is -1.50. The first-order chi connectivity index (χ1) is 14.9. The van der Waals surface area contributed by atoms with Crippen molar-refractivity contribution in [3.63, 3.8) is 0 Å². The van der Waals surface area contributed by atoms with Crippen molar-refractivity contribution in [1.82, 2.24) is 16.0 Å². The number of aliphatic hydroxyl groups excluding tert-OH is 1. The molecule has 3 amide bonds. The molecule has 0 radical (unpaired) electrons. The lowest BCUT2D eigenvalue weighted by Gasteiger charge is -2.26. The van der Waals surface area contributed by atoms with Gasteiger partial charge in [0.05, 0.1) is 6.10 Å². The zero-order valence-electron chi connectivity index (χ0n) is 19.4. The van der Waals surface area contributed by atoms with E-state index in [0.29, 0.717) is 24.3 Å². The number of amides is 3. The van der Waals surface area contributed by atoms with E-state index in [-0.39, 0.29) is 12.3 Å². The third-order valence-electron chi connectivity index (χ3n) is 4.63. The van der Waals surface area contributed by atoms with Crippen LogP contribution in [0.15, 0.2) is 0 Å². The summed E-state index contributed by atoms with van der Waals surface area (Å²) in [6, 6.07) is -4.16. The van der Waals surface area contributed by atoms with Gasteiger partial charge >= 0.3 is 5.97 Å². The van der Waals surface area contributed by atoms with Gasteiger partial charge in [-0.1, -0.05) is 13.8 Å². The summed E-state index contributed by atoms with van der Waals surface area (Å²) in [5.41, 5.74) is 5.66. The van der Waals surface area contributed by atoms with Crippen LogP contribution in [0.25, 0.3) is 0 Å². The molecule has 186 valence electrons. The van der Waals surface area contributed by atoms with Gasteiger partial charge in [0, 0.05) is 0 Å². The summed E-state index contributed by atoms with van der Waals surface area (Å²) in [7, 11) is 0. The molecule has 0 saturated carbocycles. The molecule has 0 aliphatic rings. The first-order valence-electron chi connectivity index (χ1n) is 10.5. The fraction of sp³-hybridized carbons (Fsp3) is 0.800. The van der Waals surface area contributed by atoms with Crippen LogP contribution in [0.1, 0.15) is 40.0 Å². The van der Waals surface area contributed by atoms with Crippen LogP contribution in [0.5, 0.6) is 0 Å². The topological polar surface area (TPSA) is 171 Å². The first-order valence-corrected chi connectivity index (χ1v) is 13.3. The van der Waals surface area contributed by atoms with Crippen LogP contribution in [-0.4, -0.2) is 88.2 Å². The van der Waals surface area contributed by atoms with Gasteiger partial charge in [-0.2, -0.15) is 23.5 Å². The number of nitrogens with one attached hydrogen (secondary N) is 3. The van der Waals surface area contributed by atoms with Crippen molar-refractivity contribution in [1.29, 1.82) is 0 Å². The van der Waals surface area contributed by atoms with Crippen LogP contribution in [0.2, 0.25) is 0 Å². The second-order valence-corrected chi connectivity index (χ2v) is 9.95. The van der Waals surface area contributed by atoms with Crippen LogP contribution in [0.4, 0.5) is 0 Å². The van der Waals surface area contributed by atoms with E-state index in [1.807, 2.05) is 26.4 Å². The number of carbonyl (C=O) groups is 4. The minimum absolute atomic E-state index is 0.0448. The molecule has 0 aromatic heterocycles.